The van der Waals surface area contributed by atoms with Gasteiger partial charge in [0.2, 0.25) is 0 Å². The Balaban J connectivity index is 2.14. The minimum absolute atomic E-state index is 0.0390. The third kappa shape index (κ3) is 3.19. The molecule has 4 aromatic carbocycles. The highest BCUT2D eigenvalue weighted by Crippen LogP contribution is 2.49. The van der Waals surface area contributed by atoms with Crippen molar-refractivity contribution in [3.8, 4) is 11.5 Å². The van der Waals surface area contributed by atoms with Crippen LogP contribution in [0.25, 0.3) is 10.8 Å². The third-order valence-electron chi connectivity index (χ3n) is 4.99. The van der Waals surface area contributed by atoms with Crippen LogP contribution < -0.4 is 4.90 Å². The molecule has 29 heavy (non-hydrogen) atoms. The van der Waals surface area contributed by atoms with Crippen molar-refractivity contribution in [1.29, 1.82) is 0 Å². The summed E-state index contributed by atoms with van der Waals surface area (Å²) in [6.07, 6.45) is 0.204. The van der Waals surface area contributed by atoms with E-state index in [2.05, 4.69) is 0 Å². The number of fused-ring (bicyclic) bond motifs is 1. The standard InChI is InChI=1S/C25H21NO3/c1-2-21(27)22-23(25(29)20-16-10-9-15-19(20)24(22)28)26(17-11-5-3-6-12-17)18-13-7-4-8-14-18/h3-16,28-29H,2H2,1H3. The first-order valence-corrected chi connectivity index (χ1v) is 9.53. The van der Waals surface area contributed by atoms with Crippen molar-refractivity contribution in [3.05, 3.63) is 90.5 Å². The maximum Gasteiger partial charge on any atom is 0.168 e. The molecule has 0 saturated heterocycles. The first-order valence-electron chi connectivity index (χ1n) is 9.53. The maximum atomic E-state index is 12.9. The fourth-order valence-corrected chi connectivity index (χ4v) is 3.61. The lowest BCUT2D eigenvalue weighted by atomic mass is 9.96. The molecule has 0 atom stereocenters. The van der Waals surface area contributed by atoms with Gasteiger partial charge in [0, 0.05) is 28.6 Å². The number of Topliss-reactive ketones (excluding diaryl/α,β-unsaturated/α-hetero) is 1. The highest BCUT2D eigenvalue weighted by atomic mass is 16.3. The van der Waals surface area contributed by atoms with E-state index in [0.717, 1.165) is 11.4 Å². The summed E-state index contributed by atoms with van der Waals surface area (Å²) >= 11 is 0. The summed E-state index contributed by atoms with van der Waals surface area (Å²) in [6.45, 7) is 1.74. The van der Waals surface area contributed by atoms with Crippen molar-refractivity contribution in [2.24, 2.45) is 0 Å². The number of rotatable bonds is 5. The van der Waals surface area contributed by atoms with Gasteiger partial charge >= 0.3 is 0 Å². The van der Waals surface area contributed by atoms with Gasteiger partial charge in [0.15, 0.2) is 5.78 Å². The van der Waals surface area contributed by atoms with Crippen LogP contribution in [0, 0.1) is 0 Å². The van der Waals surface area contributed by atoms with Gasteiger partial charge in [-0.3, -0.25) is 4.79 Å². The zero-order valence-corrected chi connectivity index (χ0v) is 16.0. The lowest BCUT2D eigenvalue weighted by Crippen LogP contribution is -2.15. The number of aromatic hydroxyl groups is 2. The number of hydrogen-bond donors (Lipinski definition) is 2. The molecule has 4 aromatic rings. The van der Waals surface area contributed by atoms with Gasteiger partial charge in [-0.05, 0) is 24.3 Å². The number of para-hydroxylation sites is 2. The van der Waals surface area contributed by atoms with Crippen molar-refractivity contribution < 1.29 is 15.0 Å². The highest BCUT2D eigenvalue weighted by Gasteiger charge is 2.28. The SMILES string of the molecule is CCC(=O)c1c(N(c2ccccc2)c2ccccc2)c(O)c2ccccc2c1O. The van der Waals surface area contributed by atoms with Gasteiger partial charge in [0.1, 0.15) is 17.2 Å². The average molecular weight is 383 g/mol. The molecule has 0 aromatic heterocycles. The van der Waals surface area contributed by atoms with Crippen molar-refractivity contribution >= 4 is 33.6 Å². The van der Waals surface area contributed by atoms with Crippen molar-refractivity contribution in [1.82, 2.24) is 0 Å². The van der Waals surface area contributed by atoms with Crippen LogP contribution in [0.15, 0.2) is 84.9 Å². The molecular weight excluding hydrogens is 362 g/mol. The molecule has 0 heterocycles. The van der Waals surface area contributed by atoms with E-state index < -0.39 is 0 Å². The molecule has 0 bridgehead atoms. The van der Waals surface area contributed by atoms with Crippen LogP contribution >= 0.6 is 0 Å². The summed E-state index contributed by atoms with van der Waals surface area (Å²) in [5, 5.41) is 23.3. The fourth-order valence-electron chi connectivity index (χ4n) is 3.61. The number of hydrogen-bond acceptors (Lipinski definition) is 4. The van der Waals surface area contributed by atoms with Crippen LogP contribution in [-0.2, 0) is 0 Å². The Morgan fingerprint density at radius 2 is 1.17 bits per heavy atom. The maximum absolute atomic E-state index is 12.9. The Morgan fingerprint density at radius 1 is 0.724 bits per heavy atom. The molecule has 2 N–H and O–H groups in total. The smallest absolute Gasteiger partial charge is 0.168 e. The number of carbonyl (C=O) groups is 1. The summed E-state index contributed by atoms with van der Waals surface area (Å²) in [6, 6.07) is 26.0. The summed E-state index contributed by atoms with van der Waals surface area (Å²) in [5.41, 5.74) is 1.95. The Bertz CT molecular complexity index is 1130. The molecule has 0 radical (unpaired) electrons. The van der Waals surface area contributed by atoms with Crippen molar-refractivity contribution in [2.75, 3.05) is 4.90 Å². The second kappa shape index (κ2) is 7.68. The molecule has 4 nitrogen and oxygen atoms in total. The van der Waals surface area contributed by atoms with Gasteiger partial charge in [-0.1, -0.05) is 67.6 Å². The van der Waals surface area contributed by atoms with Crippen molar-refractivity contribution in [2.45, 2.75) is 13.3 Å². The van der Waals surface area contributed by atoms with E-state index in [4.69, 9.17) is 0 Å². The average Bonchev–Trinajstić information content (AvgIpc) is 2.78. The Morgan fingerprint density at radius 3 is 1.66 bits per heavy atom. The quantitative estimate of drug-likeness (QED) is 0.313. The predicted molar refractivity (Wildman–Crippen MR) is 117 cm³/mol. The van der Waals surface area contributed by atoms with E-state index in [9.17, 15) is 15.0 Å². The normalized spacial score (nSPS) is 10.8. The van der Waals surface area contributed by atoms with Crippen LogP contribution in [0.2, 0.25) is 0 Å². The topological polar surface area (TPSA) is 60.8 Å². The Hall–Kier alpha value is -3.79. The van der Waals surface area contributed by atoms with Gasteiger partial charge in [-0.15, -0.1) is 0 Å². The highest BCUT2D eigenvalue weighted by molar-refractivity contribution is 6.14. The Kier molecular flexibility index (Phi) is 4.92. The van der Waals surface area contributed by atoms with Gasteiger partial charge < -0.3 is 15.1 Å². The summed E-state index contributed by atoms with van der Waals surface area (Å²) in [7, 11) is 0. The second-order valence-electron chi connectivity index (χ2n) is 6.75. The number of carbonyl (C=O) groups excluding carboxylic acids is 1. The molecule has 4 rings (SSSR count). The van der Waals surface area contributed by atoms with E-state index in [-0.39, 0.29) is 35.0 Å². The zero-order valence-electron chi connectivity index (χ0n) is 16.0. The molecule has 0 spiro atoms. The summed E-state index contributed by atoms with van der Waals surface area (Å²) in [5.74, 6) is -0.393. The lowest BCUT2D eigenvalue weighted by Gasteiger charge is -2.29. The van der Waals surface area contributed by atoms with E-state index in [1.54, 1.807) is 31.2 Å². The molecule has 0 saturated carbocycles. The third-order valence-corrected chi connectivity index (χ3v) is 4.99. The fraction of sp³-hybridized carbons (Fsp3) is 0.0800. The number of ketones is 1. The van der Waals surface area contributed by atoms with Crippen LogP contribution in [0.5, 0.6) is 11.5 Å². The van der Waals surface area contributed by atoms with Gasteiger partial charge in [0.25, 0.3) is 0 Å². The first-order chi connectivity index (χ1) is 14.1. The zero-order chi connectivity index (χ0) is 20.4. The first kappa shape index (κ1) is 18.6. The summed E-state index contributed by atoms with van der Waals surface area (Å²) in [4.78, 5) is 14.7. The monoisotopic (exact) mass is 383 g/mol. The molecule has 144 valence electrons. The van der Waals surface area contributed by atoms with E-state index >= 15 is 0 Å². The molecule has 0 aliphatic rings. The molecule has 0 fully saturated rings. The molecule has 4 heteroatoms. The van der Waals surface area contributed by atoms with E-state index in [1.165, 1.54) is 0 Å². The number of nitrogens with zero attached hydrogens (tertiary/aromatic N) is 1. The van der Waals surface area contributed by atoms with Crippen LogP contribution in [0.1, 0.15) is 23.7 Å². The second-order valence-corrected chi connectivity index (χ2v) is 6.75. The molecule has 0 unspecified atom stereocenters. The van der Waals surface area contributed by atoms with Crippen LogP contribution in [-0.4, -0.2) is 16.0 Å². The van der Waals surface area contributed by atoms with Gasteiger partial charge in [0.05, 0.1) is 5.56 Å². The van der Waals surface area contributed by atoms with Crippen LogP contribution in [0.4, 0.5) is 17.1 Å². The number of phenols is 2. The minimum atomic E-state index is -0.240. The van der Waals surface area contributed by atoms with Crippen molar-refractivity contribution in [3.63, 3.8) is 0 Å². The lowest BCUT2D eigenvalue weighted by molar-refractivity contribution is 0.0986. The molecule has 0 amide bonds. The van der Waals surface area contributed by atoms with E-state index in [1.807, 2.05) is 65.6 Å². The molecule has 0 aliphatic heterocycles. The van der Waals surface area contributed by atoms with Gasteiger partial charge in [-0.2, -0.15) is 0 Å². The minimum Gasteiger partial charge on any atom is -0.506 e. The van der Waals surface area contributed by atoms with E-state index in [0.29, 0.717) is 10.8 Å². The Labute approximate surface area is 169 Å². The number of anilines is 3. The number of phenolic OH excluding ortho intramolecular Hbond substituents is 2. The van der Waals surface area contributed by atoms with Crippen LogP contribution in [0.3, 0.4) is 0 Å². The predicted octanol–water partition coefficient (Wildman–Crippen LogP) is 6.31. The van der Waals surface area contributed by atoms with Gasteiger partial charge in [-0.25, -0.2) is 0 Å². The molecular formula is C25H21NO3. The summed E-state index contributed by atoms with van der Waals surface area (Å²) < 4.78 is 0. The number of benzene rings is 4. The largest absolute Gasteiger partial charge is 0.506 e. The molecule has 0 aliphatic carbocycles.